The summed E-state index contributed by atoms with van der Waals surface area (Å²) in [6.07, 6.45) is 0. The summed E-state index contributed by atoms with van der Waals surface area (Å²) in [5.74, 6) is -0.782. The first-order valence-corrected chi connectivity index (χ1v) is 5.40. The summed E-state index contributed by atoms with van der Waals surface area (Å²) in [5, 5.41) is 10.9. The number of rotatable bonds is 4. The quantitative estimate of drug-likeness (QED) is 0.833. The van der Waals surface area contributed by atoms with E-state index >= 15 is 0 Å². The van der Waals surface area contributed by atoms with Crippen LogP contribution in [0.4, 0.5) is 0 Å². The maximum absolute atomic E-state index is 10.8. The van der Waals surface area contributed by atoms with Gasteiger partial charge in [0.1, 0.15) is 6.04 Å². The summed E-state index contributed by atoms with van der Waals surface area (Å²) in [4.78, 5) is 13.8. The molecule has 0 aromatic carbocycles. The second-order valence-corrected chi connectivity index (χ2v) is 4.35. The van der Waals surface area contributed by atoms with E-state index in [2.05, 4.69) is 0 Å². The molecule has 0 aliphatic heterocycles. The number of hydrogen-bond acceptors (Lipinski definition) is 3. The van der Waals surface area contributed by atoms with Crippen LogP contribution < -0.4 is 0 Å². The van der Waals surface area contributed by atoms with Gasteiger partial charge in [-0.05, 0) is 32.3 Å². The third-order valence-corrected chi connectivity index (χ3v) is 3.58. The fourth-order valence-corrected chi connectivity index (χ4v) is 2.07. The molecule has 78 valence electrons. The smallest absolute Gasteiger partial charge is 0.320 e. The maximum atomic E-state index is 10.8. The van der Waals surface area contributed by atoms with Crippen LogP contribution >= 0.6 is 11.3 Å². The van der Waals surface area contributed by atoms with Crippen LogP contribution in [-0.4, -0.2) is 29.1 Å². The number of thiophene rings is 1. The molecule has 0 bridgehead atoms. The molecule has 2 atom stereocenters. The van der Waals surface area contributed by atoms with Crippen LogP contribution in [0.5, 0.6) is 0 Å². The van der Waals surface area contributed by atoms with Crippen LogP contribution in [0.1, 0.15) is 24.8 Å². The first kappa shape index (κ1) is 11.2. The van der Waals surface area contributed by atoms with E-state index in [4.69, 9.17) is 5.11 Å². The monoisotopic (exact) mass is 213 g/mol. The second kappa shape index (κ2) is 4.57. The average Bonchev–Trinajstić information content (AvgIpc) is 2.67. The Labute approximate surface area is 88.0 Å². The van der Waals surface area contributed by atoms with Crippen molar-refractivity contribution >= 4 is 17.3 Å². The molecule has 0 aliphatic rings. The van der Waals surface area contributed by atoms with E-state index < -0.39 is 12.0 Å². The van der Waals surface area contributed by atoms with Crippen LogP contribution in [0.15, 0.2) is 17.5 Å². The molecule has 0 aliphatic carbocycles. The van der Waals surface area contributed by atoms with Crippen LogP contribution in [0.25, 0.3) is 0 Å². The molecule has 1 aromatic rings. The Morgan fingerprint density at radius 3 is 2.64 bits per heavy atom. The zero-order valence-electron chi connectivity index (χ0n) is 8.60. The van der Waals surface area contributed by atoms with E-state index in [1.807, 2.05) is 36.4 Å². The molecule has 1 rings (SSSR count). The maximum Gasteiger partial charge on any atom is 0.320 e. The van der Waals surface area contributed by atoms with Crippen LogP contribution in [0.2, 0.25) is 0 Å². The van der Waals surface area contributed by atoms with E-state index in [1.165, 1.54) is 4.88 Å². The lowest BCUT2D eigenvalue weighted by molar-refractivity contribution is -0.142. The highest BCUT2D eigenvalue weighted by molar-refractivity contribution is 7.10. The van der Waals surface area contributed by atoms with Crippen molar-refractivity contribution in [2.75, 3.05) is 7.05 Å². The summed E-state index contributed by atoms with van der Waals surface area (Å²) >= 11 is 1.65. The van der Waals surface area contributed by atoms with E-state index in [0.717, 1.165) is 0 Å². The predicted molar refractivity (Wildman–Crippen MR) is 57.6 cm³/mol. The summed E-state index contributed by atoms with van der Waals surface area (Å²) in [6.45, 7) is 3.72. The third-order valence-electron chi connectivity index (χ3n) is 2.53. The van der Waals surface area contributed by atoms with Gasteiger partial charge in [-0.3, -0.25) is 9.69 Å². The fourth-order valence-electron chi connectivity index (χ4n) is 1.24. The fraction of sp³-hybridized carbons (Fsp3) is 0.500. The lowest BCUT2D eigenvalue weighted by Crippen LogP contribution is -2.37. The zero-order chi connectivity index (χ0) is 10.7. The van der Waals surface area contributed by atoms with Crippen molar-refractivity contribution in [3.05, 3.63) is 22.4 Å². The molecule has 2 unspecified atom stereocenters. The minimum atomic E-state index is -0.782. The van der Waals surface area contributed by atoms with Gasteiger partial charge in [-0.2, -0.15) is 0 Å². The zero-order valence-corrected chi connectivity index (χ0v) is 9.41. The van der Waals surface area contributed by atoms with Crippen molar-refractivity contribution in [3.8, 4) is 0 Å². The van der Waals surface area contributed by atoms with Crippen molar-refractivity contribution in [1.29, 1.82) is 0 Å². The first-order valence-electron chi connectivity index (χ1n) is 4.52. The lowest BCUT2D eigenvalue weighted by Gasteiger charge is -2.27. The van der Waals surface area contributed by atoms with Crippen molar-refractivity contribution in [2.45, 2.75) is 25.9 Å². The molecule has 0 saturated carbocycles. The van der Waals surface area contributed by atoms with Gasteiger partial charge in [0.25, 0.3) is 0 Å². The predicted octanol–water partition coefficient (Wildman–Crippen LogP) is 2.21. The van der Waals surface area contributed by atoms with Gasteiger partial charge < -0.3 is 5.11 Å². The summed E-state index contributed by atoms with van der Waals surface area (Å²) in [7, 11) is 1.84. The minimum absolute atomic E-state index is 0.154. The van der Waals surface area contributed by atoms with E-state index in [1.54, 1.807) is 18.3 Å². The highest BCUT2D eigenvalue weighted by atomic mass is 32.1. The van der Waals surface area contributed by atoms with Gasteiger partial charge in [-0.15, -0.1) is 11.3 Å². The summed E-state index contributed by atoms with van der Waals surface area (Å²) in [5.41, 5.74) is 0. The Kier molecular flexibility index (Phi) is 3.66. The molecule has 1 aromatic heterocycles. The number of aliphatic carboxylic acids is 1. The van der Waals surface area contributed by atoms with Gasteiger partial charge in [0, 0.05) is 10.9 Å². The van der Waals surface area contributed by atoms with Gasteiger partial charge in [0.05, 0.1) is 0 Å². The molecule has 0 amide bonds. The van der Waals surface area contributed by atoms with Gasteiger partial charge in [0.15, 0.2) is 0 Å². The van der Waals surface area contributed by atoms with Crippen LogP contribution in [0.3, 0.4) is 0 Å². The second-order valence-electron chi connectivity index (χ2n) is 3.37. The highest BCUT2D eigenvalue weighted by Gasteiger charge is 2.22. The molecule has 0 saturated heterocycles. The summed E-state index contributed by atoms with van der Waals surface area (Å²) < 4.78 is 0. The van der Waals surface area contributed by atoms with Crippen molar-refractivity contribution < 1.29 is 9.90 Å². The number of nitrogens with zero attached hydrogens (tertiary/aromatic N) is 1. The number of likely N-dealkylation sites (N-methyl/N-ethyl adjacent to an activating group) is 1. The van der Waals surface area contributed by atoms with Crippen molar-refractivity contribution in [1.82, 2.24) is 4.90 Å². The van der Waals surface area contributed by atoms with E-state index in [-0.39, 0.29) is 6.04 Å². The van der Waals surface area contributed by atoms with E-state index in [0.29, 0.717) is 0 Å². The Hall–Kier alpha value is -0.870. The molecule has 14 heavy (non-hydrogen) atoms. The molecule has 3 nitrogen and oxygen atoms in total. The molecular formula is C10H15NO2S. The molecule has 0 spiro atoms. The van der Waals surface area contributed by atoms with Crippen molar-refractivity contribution in [2.24, 2.45) is 0 Å². The third kappa shape index (κ3) is 2.33. The Morgan fingerprint density at radius 1 is 1.57 bits per heavy atom. The summed E-state index contributed by atoms with van der Waals surface area (Å²) in [6, 6.07) is 3.71. The molecule has 0 radical (unpaired) electrons. The highest BCUT2D eigenvalue weighted by Crippen LogP contribution is 2.24. The van der Waals surface area contributed by atoms with Crippen LogP contribution in [0, 0.1) is 0 Å². The average molecular weight is 213 g/mol. The van der Waals surface area contributed by atoms with E-state index in [9.17, 15) is 4.79 Å². The number of carbonyl (C=O) groups is 1. The standard InChI is InChI=1S/C10H15NO2S/c1-7(9-5-4-6-14-9)11(3)8(2)10(12)13/h4-8H,1-3H3,(H,12,13). The number of hydrogen-bond donors (Lipinski definition) is 1. The number of carboxylic acids is 1. The molecule has 0 fully saturated rings. The molecule has 4 heteroatoms. The lowest BCUT2D eigenvalue weighted by atomic mass is 10.2. The van der Waals surface area contributed by atoms with Crippen molar-refractivity contribution in [3.63, 3.8) is 0 Å². The normalized spacial score (nSPS) is 15.4. The molecule has 1 heterocycles. The Morgan fingerprint density at radius 2 is 2.21 bits per heavy atom. The Balaban J connectivity index is 2.70. The van der Waals surface area contributed by atoms with Gasteiger partial charge in [0.2, 0.25) is 0 Å². The van der Waals surface area contributed by atoms with Gasteiger partial charge in [-0.25, -0.2) is 0 Å². The van der Waals surface area contributed by atoms with Gasteiger partial charge in [-0.1, -0.05) is 6.07 Å². The first-order chi connectivity index (χ1) is 6.54. The number of carboxylic acid groups (broad SMARTS) is 1. The Bertz CT molecular complexity index is 297. The molecule has 1 N–H and O–H groups in total. The molecular weight excluding hydrogens is 198 g/mol. The minimum Gasteiger partial charge on any atom is -0.480 e. The van der Waals surface area contributed by atoms with Crippen LogP contribution in [-0.2, 0) is 4.79 Å². The van der Waals surface area contributed by atoms with Gasteiger partial charge >= 0.3 is 5.97 Å². The SMILES string of the molecule is CC(C(=O)O)N(C)C(C)c1cccs1. The topological polar surface area (TPSA) is 40.5 Å². The largest absolute Gasteiger partial charge is 0.480 e.